The second-order valence-corrected chi connectivity index (χ2v) is 2.46. The number of H-pyrrole nitrogens is 1. The minimum Gasteiger partial charge on any atom is -0.325 e. The van der Waals surface area contributed by atoms with Gasteiger partial charge in [0.25, 0.3) is 5.56 Å². The van der Waals surface area contributed by atoms with Crippen molar-refractivity contribution in [2.45, 2.75) is 13.3 Å². The predicted octanol–water partition coefficient (Wildman–Crippen LogP) is 0.567. The van der Waals surface area contributed by atoms with Crippen LogP contribution in [-0.4, -0.2) is 16.2 Å². The van der Waals surface area contributed by atoms with Gasteiger partial charge in [0.05, 0.1) is 0 Å². The summed E-state index contributed by atoms with van der Waals surface area (Å²) in [6.07, 6.45) is 0.670. The number of pyridine rings is 1. The molecule has 0 atom stereocenters. The molecule has 0 aliphatic heterocycles. The van der Waals surface area contributed by atoms with E-state index >= 15 is 0 Å². The van der Waals surface area contributed by atoms with E-state index in [-0.39, 0.29) is 5.56 Å². The van der Waals surface area contributed by atoms with Gasteiger partial charge in [-0.15, -0.1) is 0 Å². The second-order valence-electron chi connectivity index (χ2n) is 2.46. The van der Waals surface area contributed by atoms with E-state index in [4.69, 9.17) is 5.26 Å². The van der Waals surface area contributed by atoms with Gasteiger partial charge in [-0.25, -0.2) is 4.79 Å². The first-order chi connectivity index (χ1) is 6.19. The van der Waals surface area contributed by atoms with Crippen molar-refractivity contribution in [2.75, 3.05) is 0 Å². The van der Waals surface area contributed by atoms with E-state index in [1.807, 2.05) is 6.92 Å². The van der Waals surface area contributed by atoms with E-state index in [1.165, 1.54) is 6.07 Å². The van der Waals surface area contributed by atoms with Crippen molar-refractivity contribution < 1.29 is 14.9 Å². The fourth-order valence-corrected chi connectivity index (χ4v) is 0.931. The molecule has 13 heavy (non-hydrogen) atoms. The number of hydrogen-bond donors (Lipinski definition) is 2. The summed E-state index contributed by atoms with van der Waals surface area (Å²) in [5.41, 5.74) is -0.0439. The fourth-order valence-electron chi connectivity index (χ4n) is 0.931. The van der Waals surface area contributed by atoms with Crippen LogP contribution in [-0.2, 0) is 11.3 Å². The summed E-state index contributed by atoms with van der Waals surface area (Å²) >= 11 is 0. The lowest BCUT2D eigenvalue weighted by molar-refractivity contribution is -0.182. The molecule has 0 aromatic carbocycles. The summed E-state index contributed by atoms with van der Waals surface area (Å²) in [6.45, 7) is 1.87. The number of nitrogens with one attached hydrogen (secondary N) is 1. The third kappa shape index (κ3) is 1.94. The minimum atomic E-state index is -1.05. The molecular weight excluding hydrogens is 174 g/mol. The molecule has 0 saturated carbocycles. The first-order valence-electron chi connectivity index (χ1n) is 3.77. The Balaban J connectivity index is 3.13. The Hall–Kier alpha value is -1.62. The van der Waals surface area contributed by atoms with Crippen LogP contribution in [0, 0.1) is 0 Å². The lowest BCUT2D eigenvalue weighted by atomic mass is 10.2. The van der Waals surface area contributed by atoms with Crippen molar-refractivity contribution >= 4 is 5.97 Å². The fraction of sp³-hybridized carbons (Fsp3) is 0.250. The van der Waals surface area contributed by atoms with Crippen molar-refractivity contribution in [1.82, 2.24) is 4.98 Å². The van der Waals surface area contributed by atoms with Gasteiger partial charge in [0.15, 0.2) is 0 Å². The Morgan fingerprint density at radius 2 is 2.31 bits per heavy atom. The molecule has 0 fully saturated rings. The van der Waals surface area contributed by atoms with Crippen LogP contribution in [0.2, 0.25) is 0 Å². The molecular formula is C8H9NO4. The van der Waals surface area contributed by atoms with Gasteiger partial charge in [0.2, 0.25) is 0 Å². The quantitative estimate of drug-likeness (QED) is 0.518. The Morgan fingerprint density at radius 1 is 1.62 bits per heavy atom. The van der Waals surface area contributed by atoms with Crippen LogP contribution in [0.5, 0.6) is 0 Å². The van der Waals surface area contributed by atoms with Crippen LogP contribution in [0.3, 0.4) is 0 Å². The first kappa shape index (κ1) is 9.47. The molecule has 1 rings (SSSR count). The molecule has 5 nitrogen and oxygen atoms in total. The number of hydrogen-bond acceptors (Lipinski definition) is 4. The Morgan fingerprint density at radius 3 is 2.77 bits per heavy atom. The molecule has 0 aliphatic rings. The van der Waals surface area contributed by atoms with E-state index in [2.05, 4.69) is 9.87 Å². The standard InChI is InChI=1S/C8H9NO4/c1-2-5-3-4-6(7(10)9-5)8(11)13-12/h3-4,12H,2H2,1H3,(H,9,10). The summed E-state index contributed by atoms with van der Waals surface area (Å²) in [7, 11) is 0. The summed E-state index contributed by atoms with van der Waals surface area (Å²) in [4.78, 5) is 27.8. The van der Waals surface area contributed by atoms with Gasteiger partial charge in [0, 0.05) is 5.69 Å². The van der Waals surface area contributed by atoms with Crippen molar-refractivity contribution in [1.29, 1.82) is 0 Å². The molecule has 0 saturated heterocycles. The average Bonchev–Trinajstić information content (AvgIpc) is 2.16. The number of rotatable bonds is 2. The maximum atomic E-state index is 11.1. The maximum absolute atomic E-state index is 11.1. The van der Waals surface area contributed by atoms with Crippen LogP contribution in [0.4, 0.5) is 0 Å². The molecule has 0 aliphatic carbocycles. The normalized spacial score (nSPS) is 9.69. The van der Waals surface area contributed by atoms with Crippen LogP contribution in [0.25, 0.3) is 0 Å². The zero-order valence-electron chi connectivity index (χ0n) is 7.03. The lowest BCUT2D eigenvalue weighted by Crippen LogP contribution is -2.19. The molecule has 0 unspecified atom stereocenters. The van der Waals surface area contributed by atoms with Crippen LogP contribution < -0.4 is 5.56 Å². The van der Waals surface area contributed by atoms with Crippen LogP contribution >= 0.6 is 0 Å². The number of aromatic nitrogens is 1. The minimum absolute atomic E-state index is 0.209. The number of aryl methyl sites for hydroxylation is 1. The molecule has 5 heteroatoms. The summed E-state index contributed by atoms with van der Waals surface area (Å²) in [5, 5.41) is 8.04. The Kier molecular flexibility index (Phi) is 2.81. The molecule has 0 radical (unpaired) electrons. The van der Waals surface area contributed by atoms with E-state index in [0.717, 1.165) is 5.69 Å². The molecule has 0 amide bonds. The summed E-state index contributed by atoms with van der Waals surface area (Å²) in [6, 6.07) is 2.91. The van der Waals surface area contributed by atoms with Gasteiger partial charge in [0.1, 0.15) is 5.56 Å². The van der Waals surface area contributed by atoms with Crippen molar-refractivity contribution in [2.24, 2.45) is 0 Å². The number of carbonyl (C=O) groups excluding carboxylic acids is 1. The van der Waals surface area contributed by atoms with E-state index in [1.54, 1.807) is 6.07 Å². The predicted molar refractivity (Wildman–Crippen MR) is 44.5 cm³/mol. The van der Waals surface area contributed by atoms with E-state index in [0.29, 0.717) is 6.42 Å². The van der Waals surface area contributed by atoms with Gasteiger partial charge in [-0.2, -0.15) is 5.26 Å². The molecule has 70 valence electrons. The molecule has 0 spiro atoms. The third-order valence-corrected chi connectivity index (χ3v) is 1.65. The Labute approximate surface area is 73.9 Å². The number of carbonyl (C=O) groups is 1. The highest BCUT2D eigenvalue weighted by molar-refractivity contribution is 5.88. The van der Waals surface area contributed by atoms with Crippen molar-refractivity contribution in [3.05, 3.63) is 33.7 Å². The van der Waals surface area contributed by atoms with Gasteiger partial charge < -0.3 is 4.98 Å². The monoisotopic (exact) mass is 183 g/mol. The van der Waals surface area contributed by atoms with E-state index < -0.39 is 11.5 Å². The number of aromatic amines is 1. The zero-order chi connectivity index (χ0) is 9.84. The Bertz CT molecular complexity index is 369. The largest absolute Gasteiger partial charge is 0.378 e. The molecule has 1 aromatic heterocycles. The van der Waals surface area contributed by atoms with E-state index in [9.17, 15) is 9.59 Å². The summed E-state index contributed by atoms with van der Waals surface area (Å²) in [5.74, 6) is -1.05. The molecule has 2 N–H and O–H groups in total. The second kappa shape index (κ2) is 3.86. The van der Waals surface area contributed by atoms with Crippen LogP contribution in [0.15, 0.2) is 16.9 Å². The topological polar surface area (TPSA) is 79.4 Å². The highest BCUT2D eigenvalue weighted by atomic mass is 17.1. The SMILES string of the molecule is CCc1ccc(C(=O)OO)c(=O)[nH]1. The first-order valence-corrected chi connectivity index (χ1v) is 3.77. The molecule has 0 bridgehead atoms. The lowest BCUT2D eigenvalue weighted by Gasteiger charge is -1.98. The smallest absolute Gasteiger partial charge is 0.325 e. The highest BCUT2D eigenvalue weighted by Crippen LogP contribution is 1.97. The zero-order valence-corrected chi connectivity index (χ0v) is 7.03. The summed E-state index contributed by atoms with van der Waals surface area (Å²) < 4.78 is 0. The molecule has 1 aromatic rings. The van der Waals surface area contributed by atoms with Gasteiger partial charge in [-0.05, 0) is 18.6 Å². The van der Waals surface area contributed by atoms with Crippen molar-refractivity contribution in [3.8, 4) is 0 Å². The van der Waals surface area contributed by atoms with Crippen molar-refractivity contribution in [3.63, 3.8) is 0 Å². The highest BCUT2D eigenvalue weighted by Gasteiger charge is 2.11. The van der Waals surface area contributed by atoms with Gasteiger partial charge in [-0.1, -0.05) is 6.92 Å². The van der Waals surface area contributed by atoms with Gasteiger partial charge >= 0.3 is 5.97 Å². The maximum Gasteiger partial charge on any atom is 0.378 e. The average molecular weight is 183 g/mol. The third-order valence-electron chi connectivity index (χ3n) is 1.65. The van der Waals surface area contributed by atoms with Crippen LogP contribution in [0.1, 0.15) is 23.0 Å². The molecule has 1 heterocycles. The van der Waals surface area contributed by atoms with Gasteiger partial charge in [-0.3, -0.25) is 9.68 Å².